The molecule has 0 unspecified atom stereocenters. The molecule has 1 aromatic heterocycles. The van der Waals surface area contributed by atoms with Gasteiger partial charge in [-0.25, -0.2) is 0 Å². The van der Waals surface area contributed by atoms with Crippen molar-refractivity contribution in [2.45, 2.75) is 39.9 Å². The number of allylic oxidation sites excluding steroid dienone is 5. The van der Waals surface area contributed by atoms with Crippen LogP contribution in [0.4, 0.5) is 0 Å². The molecule has 1 N–H and O–H groups in total. The number of ether oxygens (including phenoxy) is 1. The van der Waals surface area contributed by atoms with Crippen LogP contribution in [0.1, 0.15) is 44.7 Å². The van der Waals surface area contributed by atoms with E-state index in [1.165, 1.54) is 0 Å². The molecule has 0 aliphatic carbocycles. The van der Waals surface area contributed by atoms with Gasteiger partial charge in [-0.05, 0) is 33.3 Å². The second-order valence-electron chi connectivity index (χ2n) is 5.11. The van der Waals surface area contributed by atoms with Crippen molar-refractivity contribution in [3.63, 3.8) is 0 Å². The number of aliphatic hydroxyl groups excluding tert-OH is 1. The van der Waals surface area contributed by atoms with Gasteiger partial charge in [0.1, 0.15) is 11.3 Å². The van der Waals surface area contributed by atoms with Crippen LogP contribution < -0.4 is 0 Å². The molecule has 0 amide bonds. The molecule has 0 aliphatic rings. The Labute approximate surface area is 130 Å². The largest absolute Gasteiger partial charge is 0.391 e. The molecule has 0 saturated heterocycles. The Balaban J connectivity index is 3.61. The molecule has 5 heteroatoms. The Bertz CT molecular complexity index is 582. The lowest BCUT2D eigenvalue weighted by Crippen LogP contribution is -2.20. The van der Waals surface area contributed by atoms with Crippen LogP contribution in [0, 0.1) is 0 Å². The fourth-order valence-corrected chi connectivity index (χ4v) is 2.19. The molecule has 0 aliphatic heterocycles. The summed E-state index contributed by atoms with van der Waals surface area (Å²) in [5, 5.41) is 14.3. The highest BCUT2D eigenvalue weighted by atomic mass is 35.5. The van der Waals surface area contributed by atoms with Crippen LogP contribution in [0.5, 0.6) is 0 Å². The van der Waals surface area contributed by atoms with Gasteiger partial charge in [-0.15, -0.1) is 0 Å². The summed E-state index contributed by atoms with van der Waals surface area (Å²) in [5.41, 5.74) is 2.00. The zero-order chi connectivity index (χ0) is 16.2. The first-order chi connectivity index (χ1) is 9.83. The Morgan fingerprint density at radius 1 is 1.52 bits per heavy atom. The highest BCUT2D eigenvalue weighted by Crippen LogP contribution is 2.36. The van der Waals surface area contributed by atoms with E-state index in [-0.39, 0.29) is 6.61 Å². The smallest absolute Gasteiger partial charge is 0.174 e. The van der Waals surface area contributed by atoms with Crippen molar-refractivity contribution < 1.29 is 14.4 Å². The third-order valence-electron chi connectivity index (χ3n) is 3.49. The summed E-state index contributed by atoms with van der Waals surface area (Å²) in [6.07, 6.45) is 3.46. The van der Waals surface area contributed by atoms with Gasteiger partial charge >= 0.3 is 0 Å². The number of rotatable bonds is 6. The first-order valence-corrected chi connectivity index (χ1v) is 7.02. The number of methoxy groups -OCH3 is 1. The minimum atomic E-state index is -0.696. The standard InChI is InChI=1S/C16H22ClNO3/c1-7-10(3)13(12(17)8-2)14-11(9-19)15(21-18-14)16(4,5)20-6/h7-8,19H,2,9H2,1,3-6H3/b10-7-,13-12-. The van der Waals surface area contributed by atoms with E-state index in [0.29, 0.717) is 27.6 Å². The van der Waals surface area contributed by atoms with E-state index in [0.717, 1.165) is 5.57 Å². The fraction of sp³-hybridized carbons (Fsp3) is 0.438. The number of nitrogens with zero attached hydrogens (tertiary/aromatic N) is 1. The molecule has 0 spiro atoms. The predicted molar refractivity (Wildman–Crippen MR) is 84.9 cm³/mol. The van der Waals surface area contributed by atoms with E-state index < -0.39 is 5.60 Å². The van der Waals surface area contributed by atoms with E-state index in [9.17, 15) is 5.11 Å². The second kappa shape index (κ2) is 7.07. The Kier molecular flexibility index (Phi) is 5.96. The third-order valence-corrected chi connectivity index (χ3v) is 3.83. The van der Waals surface area contributed by atoms with Crippen LogP contribution in [0.25, 0.3) is 5.57 Å². The molecule has 0 atom stereocenters. The lowest BCUT2D eigenvalue weighted by atomic mass is 9.95. The SMILES string of the molecule is C=C/C(Cl)=C(\C(C)=C/C)c1noc(C(C)(C)OC)c1CO. The number of hydrogen-bond donors (Lipinski definition) is 1. The maximum atomic E-state index is 9.74. The van der Waals surface area contributed by atoms with Crippen molar-refractivity contribution >= 4 is 17.2 Å². The Morgan fingerprint density at radius 2 is 2.14 bits per heavy atom. The molecule has 1 heterocycles. The molecule has 0 fully saturated rings. The summed E-state index contributed by atoms with van der Waals surface area (Å²) in [4.78, 5) is 0. The quantitative estimate of drug-likeness (QED) is 0.802. The monoisotopic (exact) mass is 311 g/mol. The zero-order valence-electron chi connectivity index (χ0n) is 13.2. The lowest BCUT2D eigenvalue weighted by Gasteiger charge is -2.20. The van der Waals surface area contributed by atoms with Crippen LogP contribution in [-0.2, 0) is 16.9 Å². The van der Waals surface area contributed by atoms with Gasteiger partial charge in [0.2, 0.25) is 0 Å². The summed E-state index contributed by atoms with van der Waals surface area (Å²) in [5.74, 6) is 0.484. The molecule has 4 nitrogen and oxygen atoms in total. The summed E-state index contributed by atoms with van der Waals surface area (Å²) in [6.45, 7) is 11.0. The van der Waals surface area contributed by atoms with E-state index in [2.05, 4.69) is 11.7 Å². The van der Waals surface area contributed by atoms with Crippen LogP contribution in [0.2, 0.25) is 0 Å². The first kappa shape index (κ1) is 17.7. The van der Waals surface area contributed by atoms with Crippen molar-refractivity contribution in [3.8, 4) is 0 Å². The van der Waals surface area contributed by atoms with Gasteiger partial charge in [0.05, 0.1) is 12.2 Å². The fourth-order valence-electron chi connectivity index (χ4n) is 1.95. The summed E-state index contributed by atoms with van der Waals surface area (Å²) in [6, 6.07) is 0. The highest BCUT2D eigenvalue weighted by molar-refractivity contribution is 6.35. The van der Waals surface area contributed by atoms with Gasteiger partial charge in [-0.3, -0.25) is 0 Å². The van der Waals surface area contributed by atoms with Gasteiger partial charge in [0.15, 0.2) is 5.76 Å². The van der Waals surface area contributed by atoms with E-state index in [1.54, 1.807) is 13.2 Å². The Morgan fingerprint density at radius 3 is 2.57 bits per heavy atom. The second-order valence-corrected chi connectivity index (χ2v) is 5.52. The van der Waals surface area contributed by atoms with Crippen LogP contribution in [0.3, 0.4) is 0 Å². The molecular formula is C16H22ClNO3. The van der Waals surface area contributed by atoms with Crippen LogP contribution in [0.15, 0.2) is 33.9 Å². The van der Waals surface area contributed by atoms with E-state index in [1.807, 2.05) is 33.8 Å². The van der Waals surface area contributed by atoms with Gasteiger partial charge in [0, 0.05) is 17.7 Å². The average Bonchev–Trinajstić information content (AvgIpc) is 2.91. The number of halogens is 1. The maximum absolute atomic E-state index is 9.74. The average molecular weight is 312 g/mol. The summed E-state index contributed by atoms with van der Waals surface area (Å²) >= 11 is 6.25. The molecule has 116 valence electrons. The van der Waals surface area contributed by atoms with Gasteiger partial charge in [-0.1, -0.05) is 35.5 Å². The molecule has 0 aromatic carbocycles. The van der Waals surface area contributed by atoms with Crippen molar-refractivity contribution in [1.29, 1.82) is 0 Å². The van der Waals surface area contributed by atoms with Crippen LogP contribution >= 0.6 is 11.6 Å². The number of hydrogen-bond acceptors (Lipinski definition) is 4. The number of aromatic nitrogens is 1. The van der Waals surface area contributed by atoms with Gasteiger partial charge < -0.3 is 14.4 Å². The molecule has 0 bridgehead atoms. The molecule has 1 aromatic rings. The van der Waals surface area contributed by atoms with E-state index in [4.69, 9.17) is 20.9 Å². The molecule has 21 heavy (non-hydrogen) atoms. The van der Waals surface area contributed by atoms with Gasteiger partial charge in [0.25, 0.3) is 0 Å². The molecule has 0 saturated carbocycles. The zero-order valence-corrected chi connectivity index (χ0v) is 13.9. The molecule has 0 radical (unpaired) electrons. The minimum absolute atomic E-state index is 0.219. The third kappa shape index (κ3) is 3.46. The molecule has 1 rings (SSSR count). The highest BCUT2D eigenvalue weighted by Gasteiger charge is 2.32. The topological polar surface area (TPSA) is 55.5 Å². The predicted octanol–water partition coefficient (Wildman–Crippen LogP) is 4.15. The normalized spacial score (nSPS) is 14.1. The van der Waals surface area contributed by atoms with Gasteiger partial charge in [-0.2, -0.15) is 0 Å². The minimum Gasteiger partial charge on any atom is -0.391 e. The van der Waals surface area contributed by atoms with Crippen molar-refractivity contribution in [3.05, 3.63) is 46.4 Å². The van der Waals surface area contributed by atoms with Crippen LogP contribution in [-0.4, -0.2) is 17.4 Å². The lowest BCUT2D eigenvalue weighted by molar-refractivity contribution is -0.00530. The van der Waals surface area contributed by atoms with Crippen molar-refractivity contribution in [2.75, 3.05) is 7.11 Å². The first-order valence-electron chi connectivity index (χ1n) is 6.64. The van der Waals surface area contributed by atoms with Crippen molar-refractivity contribution in [1.82, 2.24) is 5.16 Å². The van der Waals surface area contributed by atoms with E-state index >= 15 is 0 Å². The number of aliphatic hydroxyl groups is 1. The maximum Gasteiger partial charge on any atom is 0.174 e. The Hall–Kier alpha value is -1.36. The van der Waals surface area contributed by atoms with Crippen molar-refractivity contribution in [2.24, 2.45) is 0 Å². The summed E-state index contributed by atoms with van der Waals surface area (Å²) < 4.78 is 10.8. The molecular weight excluding hydrogens is 290 g/mol. The summed E-state index contributed by atoms with van der Waals surface area (Å²) in [7, 11) is 1.58.